The standard InChI is InChI=1S/C17H13N3OS/c21-16(18-11-13-7-3-1-4-8-13)15-12-22-17(20-15)19-14-9-5-2-6-10-14/h2-3,5-10,12H,11H2,(H,18,21)(H,19,20). The van der Waals surface area contributed by atoms with Crippen LogP contribution in [0, 0.1) is 12.1 Å². The Hall–Kier alpha value is -2.84. The molecule has 0 aliphatic carbocycles. The summed E-state index contributed by atoms with van der Waals surface area (Å²) < 4.78 is 0. The van der Waals surface area contributed by atoms with Crippen LogP contribution in [-0.4, -0.2) is 10.9 Å². The maximum Gasteiger partial charge on any atom is 0.271 e. The monoisotopic (exact) mass is 307 g/mol. The van der Waals surface area contributed by atoms with E-state index in [1.807, 2.05) is 36.4 Å². The van der Waals surface area contributed by atoms with Gasteiger partial charge in [-0.15, -0.1) is 11.3 Å². The number of nitrogens with one attached hydrogen (secondary N) is 2. The van der Waals surface area contributed by atoms with E-state index in [4.69, 9.17) is 0 Å². The van der Waals surface area contributed by atoms with Crippen molar-refractivity contribution in [2.45, 2.75) is 6.54 Å². The van der Waals surface area contributed by atoms with Crippen molar-refractivity contribution in [3.05, 3.63) is 77.3 Å². The number of hydrogen-bond acceptors (Lipinski definition) is 4. The molecule has 2 N–H and O–H groups in total. The molecule has 1 heterocycles. The number of aromatic nitrogens is 1. The molecule has 108 valence electrons. The van der Waals surface area contributed by atoms with Crippen LogP contribution in [0.1, 0.15) is 16.1 Å². The molecule has 0 unspecified atom stereocenters. The number of thiazole rings is 1. The molecule has 3 rings (SSSR count). The van der Waals surface area contributed by atoms with Gasteiger partial charge in [-0.25, -0.2) is 4.98 Å². The van der Waals surface area contributed by atoms with Crippen molar-refractivity contribution in [3.8, 4) is 0 Å². The van der Waals surface area contributed by atoms with Gasteiger partial charge in [0, 0.05) is 17.6 Å². The molecule has 22 heavy (non-hydrogen) atoms. The predicted molar refractivity (Wildman–Crippen MR) is 87.1 cm³/mol. The van der Waals surface area contributed by atoms with Gasteiger partial charge in [-0.05, 0) is 35.9 Å². The quantitative estimate of drug-likeness (QED) is 0.759. The molecule has 0 atom stereocenters. The van der Waals surface area contributed by atoms with Crippen molar-refractivity contribution in [3.63, 3.8) is 0 Å². The minimum atomic E-state index is -0.190. The normalized spacial score (nSPS) is 9.82. The molecule has 5 heteroatoms. The van der Waals surface area contributed by atoms with E-state index in [1.165, 1.54) is 11.3 Å². The molecule has 0 fully saturated rings. The molecule has 4 nitrogen and oxygen atoms in total. The number of rotatable bonds is 5. The zero-order valence-corrected chi connectivity index (χ0v) is 12.5. The van der Waals surface area contributed by atoms with Crippen LogP contribution in [0.2, 0.25) is 0 Å². The zero-order valence-electron chi connectivity index (χ0n) is 11.7. The van der Waals surface area contributed by atoms with Gasteiger partial charge in [-0.2, -0.15) is 0 Å². The Labute approximate surface area is 132 Å². The van der Waals surface area contributed by atoms with E-state index in [9.17, 15) is 4.79 Å². The molecule has 0 bridgehead atoms. The molecule has 1 aromatic heterocycles. The lowest BCUT2D eigenvalue weighted by Gasteiger charge is -2.02. The highest BCUT2D eigenvalue weighted by Crippen LogP contribution is 2.20. The Morgan fingerprint density at radius 3 is 2.82 bits per heavy atom. The van der Waals surface area contributed by atoms with Crippen LogP contribution in [0.5, 0.6) is 0 Å². The first-order chi connectivity index (χ1) is 10.8. The second-order valence-electron chi connectivity index (χ2n) is 4.55. The molecule has 0 radical (unpaired) electrons. The third kappa shape index (κ3) is 3.62. The van der Waals surface area contributed by atoms with Gasteiger partial charge in [0.2, 0.25) is 0 Å². The first-order valence-electron chi connectivity index (χ1n) is 6.74. The van der Waals surface area contributed by atoms with E-state index >= 15 is 0 Å². The van der Waals surface area contributed by atoms with E-state index in [1.54, 1.807) is 17.5 Å². The Bertz CT molecular complexity index is 741. The molecule has 1 amide bonds. The Morgan fingerprint density at radius 2 is 2.05 bits per heavy atom. The number of carbonyl (C=O) groups is 1. The fraction of sp³-hybridized carbons (Fsp3) is 0.0588. The number of benzene rings is 1. The smallest absolute Gasteiger partial charge is 0.271 e. The maximum absolute atomic E-state index is 12.1. The van der Waals surface area contributed by atoms with Gasteiger partial charge in [-0.1, -0.05) is 30.3 Å². The summed E-state index contributed by atoms with van der Waals surface area (Å²) in [5.41, 5.74) is 2.33. The molecule has 0 spiro atoms. The Balaban J connectivity index is 1.60. The number of nitrogens with zero attached hydrogens (tertiary/aromatic N) is 1. The maximum atomic E-state index is 12.1. The van der Waals surface area contributed by atoms with Crippen molar-refractivity contribution < 1.29 is 4.79 Å². The summed E-state index contributed by atoms with van der Waals surface area (Å²) in [5, 5.41) is 8.44. The van der Waals surface area contributed by atoms with E-state index < -0.39 is 0 Å². The lowest BCUT2D eigenvalue weighted by atomic mass is 10.2. The Kier molecular flexibility index (Phi) is 4.33. The molecule has 0 saturated heterocycles. The van der Waals surface area contributed by atoms with E-state index in [0.29, 0.717) is 17.4 Å². The minimum absolute atomic E-state index is 0.190. The van der Waals surface area contributed by atoms with Gasteiger partial charge in [0.15, 0.2) is 5.13 Å². The Morgan fingerprint density at radius 1 is 1.18 bits per heavy atom. The summed E-state index contributed by atoms with van der Waals surface area (Å²) >= 11 is 1.40. The first kappa shape index (κ1) is 14.1. The van der Waals surface area contributed by atoms with E-state index in [-0.39, 0.29) is 5.91 Å². The fourth-order valence-corrected chi connectivity index (χ4v) is 2.55. The average Bonchev–Trinajstić information content (AvgIpc) is 3.03. The third-order valence-electron chi connectivity index (χ3n) is 2.94. The van der Waals surface area contributed by atoms with Crippen molar-refractivity contribution in [2.75, 3.05) is 5.32 Å². The number of hydrogen-bond donors (Lipinski definition) is 2. The van der Waals surface area contributed by atoms with Crippen LogP contribution in [-0.2, 0) is 6.54 Å². The highest BCUT2D eigenvalue weighted by atomic mass is 32.1. The number of amides is 1. The summed E-state index contributed by atoms with van der Waals surface area (Å²) in [6.07, 6.45) is 0. The predicted octanol–water partition coefficient (Wildman–Crippen LogP) is 3.42. The van der Waals surface area contributed by atoms with Crippen molar-refractivity contribution in [2.24, 2.45) is 0 Å². The third-order valence-corrected chi connectivity index (χ3v) is 3.69. The van der Waals surface area contributed by atoms with Gasteiger partial charge in [0.05, 0.1) is 0 Å². The average molecular weight is 307 g/mol. The highest BCUT2D eigenvalue weighted by Gasteiger charge is 2.10. The molecule has 2 aromatic carbocycles. The molecule has 0 aliphatic rings. The van der Waals surface area contributed by atoms with Crippen LogP contribution >= 0.6 is 11.3 Å². The van der Waals surface area contributed by atoms with Crippen molar-refractivity contribution in [1.82, 2.24) is 10.3 Å². The number of para-hydroxylation sites is 1. The summed E-state index contributed by atoms with van der Waals surface area (Å²) in [5.74, 6) is -0.190. The molecule has 0 aliphatic heterocycles. The molecule has 3 aromatic rings. The second-order valence-corrected chi connectivity index (χ2v) is 5.41. The van der Waals surface area contributed by atoms with Crippen LogP contribution < -0.4 is 10.6 Å². The van der Waals surface area contributed by atoms with Crippen molar-refractivity contribution in [1.29, 1.82) is 0 Å². The largest absolute Gasteiger partial charge is 0.347 e. The van der Waals surface area contributed by atoms with Crippen molar-refractivity contribution >= 4 is 28.1 Å². The lowest BCUT2D eigenvalue weighted by molar-refractivity contribution is 0.0946. The van der Waals surface area contributed by atoms with Gasteiger partial charge >= 0.3 is 0 Å². The second kappa shape index (κ2) is 6.74. The number of carbonyl (C=O) groups excluding carboxylic acids is 1. The van der Waals surface area contributed by atoms with Crippen LogP contribution in [0.25, 0.3) is 0 Å². The van der Waals surface area contributed by atoms with E-state index in [0.717, 1.165) is 11.3 Å². The first-order valence-corrected chi connectivity index (χ1v) is 7.62. The van der Waals surface area contributed by atoms with Gasteiger partial charge < -0.3 is 10.6 Å². The van der Waals surface area contributed by atoms with Crippen LogP contribution in [0.3, 0.4) is 0 Å². The molecular formula is C17H13N3OS. The number of anilines is 2. The highest BCUT2D eigenvalue weighted by molar-refractivity contribution is 7.14. The van der Waals surface area contributed by atoms with E-state index in [2.05, 4.69) is 27.8 Å². The summed E-state index contributed by atoms with van der Waals surface area (Å²) in [7, 11) is 0. The fourth-order valence-electron chi connectivity index (χ4n) is 1.84. The zero-order chi connectivity index (χ0) is 15.2. The lowest BCUT2D eigenvalue weighted by Crippen LogP contribution is -2.23. The summed E-state index contributed by atoms with van der Waals surface area (Å²) in [4.78, 5) is 16.4. The SMILES string of the molecule is O=C(NCc1cc#ccc1)c1csc(Nc2ccccc2)n1. The molecular weight excluding hydrogens is 294 g/mol. The summed E-state index contributed by atoms with van der Waals surface area (Å²) in [6.45, 7) is 0.447. The van der Waals surface area contributed by atoms with Gasteiger partial charge in [0.1, 0.15) is 5.69 Å². The minimum Gasteiger partial charge on any atom is -0.347 e. The molecule has 0 saturated carbocycles. The summed E-state index contributed by atoms with van der Waals surface area (Å²) in [6, 6.07) is 20.9. The van der Waals surface area contributed by atoms with Crippen LogP contribution in [0.4, 0.5) is 10.8 Å². The van der Waals surface area contributed by atoms with Crippen LogP contribution in [0.15, 0.2) is 53.9 Å². The van der Waals surface area contributed by atoms with Gasteiger partial charge in [-0.3, -0.25) is 4.79 Å². The van der Waals surface area contributed by atoms with Gasteiger partial charge in [0.25, 0.3) is 5.91 Å². The topological polar surface area (TPSA) is 54.0 Å².